The fourth-order valence-electron chi connectivity index (χ4n) is 2.79. The number of rotatable bonds is 2. The predicted octanol–water partition coefficient (Wildman–Crippen LogP) is 2.34. The second-order valence-electron chi connectivity index (χ2n) is 5.91. The van der Waals surface area contributed by atoms with E-state index >= 15 is 0 Å². The lowest BCUT2D eigenvalue weighted by Crippen LogP contribution is -2.50. The lowest BCUT2D eigenvalue weighted by atomic mass is 10.2. The number of aromatic nitrogens is 1. The van der Waals surface area contributed by atoms with Crippen LogP contribution in [-0.4, -0.2) is 43.0 Å². The minimum Gasteiger partial charge on any atom is -0.375 e. The van der Waals surface area contributed by atoms with Gasteiger partial charge >= 0.3 is 0 Å². The van der Waals surface area contributed by atoms with Crippen molar-refractivity contribution in [1.29, 1.82) is 0 Å². The molecule has 1 aliphatic rings. The fourth-order valence-corrected chi connectivity index (χ4v) is 4.64. The van der Waals surface area contributed by atoms with E-state index in [-0.39, 0.29) is 17.0 Å². The molecule has 1 aromatic heterocycles. The van der Waals surface area contributed by atoms with Crippen LogP contribution in [0.3, 0.4) is 0 Å². The van der Waals surface area contributed by atoms with Crippen molar-refractivity contribution in [1.82, 2.24) is 9.29 Å². The maximum absolute atomic E-state index is 13.1. The van der Waals surface area contributed by atoms with Gasteiger partial charge in [0.2, 0.25) is 10.0 Å². The third-order valence-corrected chi connectivity index (χ3v) is 5.96. The van der Waals surface area contributed by atoms with Gasteiger partial charge in [0.15, 0.2) is 0 Å². The van der Waals surface area contributed by atoms with Gasteiger partial charge in [-0.1, -0.05) is 12.1 Å². The molecule has 2 atom stereocenters. The predicted molar refractivity (Wildman–Crippen MR) is 85.2 cm³/mol. The second kappa shape index (κ2) is 5.61. The number of aryl methyl sites for hydroxylation is 1. The first-order chi connectivity index (χ1) is 10.4. The summed E-state index contributed by atoms with van der Waals surface area (Å²) in [4.78, 5) is 4.62. The van der Waals surface area contributed by atoms with E-state index in [1.807, 2.05) is 32.9 Å². The van der Waals surface area contributed by atoms with Crippen LogP contribution in [0.25, 0.3) is 10.9 Å². The van der Waals surface area contributed by atoms with Gasteiger partial charge in [-0.05, 0) is 38.5 Å². The zero-order valence-corrected chi connectivity index (χ0v) is 13.8. The van der Waals surface area contributed by atoms with Crippen molar-refractivity contribution < 1.29 is 13.2 Å². The Labute approximate surface area is 131 Å². The van der Waals surface area contributed by atoms with Crippen molar-refractivity contribution in [3.8, 4) is 0 Å². The minimum absolute atomic E-state index is 0.101. The maximum atomic E-state index is 13.1. The number of hydrogen-bond donors (Lipinski definition) is 0. The number of sulfonamides is 1. The molecule has 2 aromatic rings. The first-order valence-corrected chi connectivity index (χ1v) is 8.82. The molecule has 118 valence electrons. The molecular formula is C16H20N2O3S. The van der Waals surface area contributed by atoms with Crippen molar-refractivity contribution in [3.05, 3.63) is 36.0 Å². The zero-order valence-electron chi connectivity index (χ0n) is 13.0. The highest BCUT2D eigenvalue weighted by Gasteiger charge is 2.35. The molecular weight excluding hydrogens is 300 g/mol. The van der Waals surface area contributed by atoms with Crippen LogP contribution >= 0.6 is 0 Å². The Morgan fingerprint density at radius 1 is 1.32 bits per heavy atom. The number of pyridine rings is 1. The van der Waals surface area contributed by atoms with Crippen LogP contribution in [0, 0.1) is 6.92 Å². The molecule has 0 amide bonds. The molecule has 0 bridgehead atoms. The van der Waals surface area contributed by atoms with Crippen molar-refractivity contribution in [2.45, 2.75) is 37.8 Å². The Bertz CT molecular complexity index is 804. The molecule has 0 radical (unpaired) electrons. The normalized spacial score (nSPS) is 23.8. The summed E-state index contributed by atoms with van der Waals surface area (Å²) in [7, 11) is -3.59. The van der Waals surface area contributed by atoms with Crippen LogP contribution in [0.15, 0.2) is 35.4 Å². The number of morpholine rings is 1. The van der Waals surface area contributed by atoms with Crippen LogP contribution in [0.2, 0.25) is 0 Å². The van der Waals surface area contributed by atoms with E-state index in [4.69, 9.17) is 4.74 Å². The molecule has 0 spiro atoms. The average molecular weight is 320 g/mol. The van der Waals surface area contributed by atoms with Gasteiger partial charge in [0.1, 0.15) is 4.90 Å². The van der Waals surface area contributed by atoms with Gasteiger partial charge in [0.25, 0.3) is 0 Å². The van der Waals surface area contributed by atoms with E-state index in [1.54, 1.807) is 18.3 Å². The van der Waals surface area contributed by atoms with Crippen molar-refractivity contribution >= 4 is 20.9 Å². The SMILES string of the molecule is Cc1cnc2c(S(=O)(=O)N3C[C@@H](C)OC[C@@H]3C)cccc2c1. The summed E-state index contributed by atoms with van der Waals surface area (Å²) in [6.07, 6.45) is 1.60. The summed E-state index contributed by atoms with van der Waals surface area (Å²) in [6.45, 7) is 6.48. The molecule has 22 heavy (non-hydrogen) atoms. The maximum Gasteiger partial charge on any atom is 0.245 e. The van der Waals surface area contributed by atoms with Crippen molar-refractivity contribution in [2.24, 2.45) is 0 Å². The summed E-state index contributed by atoms with van der Waals surface area (Å²) in [5, 5.41) is 0.843. The minimum atomic E-state index is -3.59. The number of ether oxygens (including phenoxy) is 1. The largest absolute Gasteiger partial charge is 0.375 e. The Kier molecular flexibility index (Phi) is 3.92. The third-order valence-electron chi connectivity index (χ3n) is 3.95. The number of hydrogen-bond acceptors (Lipinski definition) is 4. The van der Waals surface area contributed by atoms with Crippen LogP contribution < -0.4 is 0 Å². The third kappa shape index (κ3) is 2.62. The summed E-state index contributed by atoms with van der Waals surface area (Å²) in [6, 6.07) is 7.06. The summed E-state index contributed by atoms with van der Waals surface area (Å²) >= 11 is 0. The molecule has 0 aliphatic carbocycles. The topological polar surface area (TPSA) is 59.5 Å². The van der Waals surface area contributed by atoms with Gasteiger partial charge in [-0.25, -0.2) is 8.42 Å². The van der Waals surface area contributed by atoms with Crippen LogP contribution in [0.1, 0.15) is 19.4 Å². The van der Waals surface area contributed by atoms with Crippen molar-refractivity contribution in [3.63, 3.8) is 0 Å². The lowest BCUT2D eigenvalue weighted by molar-refractivity contribution is -0.0170. The van der Waals surface area contributed by atoms with Crippen LogP contribution in [0.4, 0.5) is 0 Å². The van der Waals surface area contributed by atoms with Gasteiger partial charge < -0.3 is 4.74 Å². The fraction of sp³-hybridized carbons (Fsp3) is 0.438. The first-order valence-electron chi connectivity index (χ1n) is 7.38. The monoisotopic (exact) mass is 320 g/mol. The standard InChI is InChI=1S/C16H20N2O3S/c1-11-7-14-5-4-6-15(16(14)17-8-11)22(19,20)18-9-13(3)21-10-12(18)2/h4-8,12-13H,9-10H2,1-3H3/t12-,13+/m0/s1. The highest BCUT2D eigenvalue weighted by Crippen LogP contribution is 2.27. The van der Waals surface area contributed by atoms with Gasteiger partial charge in [-0.3, -0.25) is 4.98 Å². The Hall–Kier alpha value is -1.50. The van der Waals surface area contributed by atoms with Crippen LogP contribution in [0.5, 0.6) is 0 Å². The first kappa shape index (κ1) is 15.4. The summed E-state index contributed by atoms with van der Waals surface area (Å²) in [5.74, 6) is 0. The van der Waals surface area contributed by atoms with Crippen LogP contribution in [-0.2, 0) is 14.8 Å². The number of benzene rings is 1. The molecule has 1 aliphatic heterocycles. The lowest BCUT2D eigenvalue weighted by Gasteiger charge is -2.35. The highest BCUT2D eigenvalue weighted by molar-refractivity contribution is 7.89. The molecule has 3 rings (SSSR count). The number of fused-ring (bicyclic) bond motifs is 1. The van der Waals surface area contributed by atoms with Crippen molar-refractivity contribution in [2.75, 3.05) is 13.2 Å². The number of para-hydroxylation sites is 1. The van der Waals surface area contributed by atoms with Gasteiger partial charge in [-0.15, -0.1) is 0 Å². The van der Waals surface area contributed by atoms with E-state index in [9.17, 15) is 8.42 Å². The second-order valence-corrected chi connectivity index (χ2v) is 7.77. The number of nitrogens with zero attached hydrogens (tertiary/aromatic N) is 2. The molecule has 1 aromatic carbocycles. The van der Waals surface area contributed by atoms with E-state index < -0.39 is 10.0 Å². The molecule has 2 heterocycles. The molecule has 6 heteroatoms. The van der Waals surface area contributed by atoms with Gasteiger partial charge in [0, 0.05) is 24.2 Å². The molecule has 0 N–H and O–H groups in total. The Balaban J connectivity index is 2.13. The van der Waals surface area contributed by atoms with E-state index in [0.717, 1.165) is 10.9 Å². The Morgan fingerprint density at radius 3 is 2.86 bits per heavy atom. The molecule has 1 saturated heterocycles. The molecule has 5 nitrogen and oxygen atoms in total. The van der Waals surface area contributed by atoms with E-state index in [0.29, 0.717) is 18.7 Å². The van der Waals surface area contributed by atoms with E-state index in [2.05, 4.69) is 4.98 Å². The zero-order chi connectivity index (χ0) is 15.9. The molecule has 0 unspecified atom stereocenters. The molecule has 1 fully saturated rings. The summed E-state index contributed by atoms with van der Waals surface area (Å²) in [5.41, 5.74) is 1.54. The van der Waals surface area contributed by atoms with Gasteiger partial charge in [0.05, 0.1) is 18.2 Å². The quantitative estimate of drug-likeness (QED) is 0.852. The average Bonchev–Trinajstić information content (AvgIpc) is 2.48. The Morgan fingerprint density at radius 2 is 2.09 bits per heavy atom. The smallest absolute Gasteiger partial charge is 0.245 e. The summed E-state index contributed by atoms with van der Waals surface area (Å²) < 4.78 is 33.2. The highest BCUT2D eigenvalue weighted by atomic mass is 32.2. The molecule has 0 saturated carbocycles. The van der Waals surface area contributed by atoms with E-state index in [1.165, 1.54) is 4.31 Å². The van der Waals surface area contributed by atoms with Gasteiger partial charge in [-0.2, -0.15) is 4.31 Å².